The number of benzene rings is 1. The molecule has 2 rings (SSSR count). The first-order valence-electron chi connectivity index (χ1n) is 5.66. The highest BCUT2D eigenvalue weighted by atomic mass is 16.1. The van der Waals surface area contributed by atoms with E-state index in [0.717, 1.165) is 6.54 Å². The van der Waals surface area contributed by atoms with Crippen molar-refractivity contribution in [3.8, 4) is 0 Å². The molecule has 3 nitrogen and oxygen atoms in total. The van der Waals surface area contributed by atoms with E-state index in [9.17, 15) is 4.79 Å². The first-order chi connectivity index (χ1) is 7.58. The first-order valence-corrected chi connectivity index (χ1v) is 5.66. The van der Waals surface area contributed by atoms with Gasteiger partial charge in [0, 0.05) is 19.0 Å². The molecule has 0 spiro atoms. The largest absolute Gasteiger partial charge is 0.369 e. The van der Waals surface area contributed by atoms with Crippen LogP contribution >= 0.6 is 0 Å². The number of rotatable bonds is 2. The highest BCUT2D eigenvalue weighted by Gasteiger charge is 2.32. The number of carbonyl (C=O) groups excluding carboxylic acids is 1. The molecule has 3 heteroatoms. The van der Waals surface area contributed by atoms with Gasteiger partial charge < -0.3 is 11.1 Å². The molecular formula is C13H18N2O. The molecule has 1 fully saturated rings. The minimum absolute atomic E-state index is 0.0683. The fourth-order valence-corrected chi connectivity index (χ4v) is 2.55. The van der Waals surface area contributed by atoms with E-state index >= 15 is 0 Å². The molecule has 1 aliphatic rings. The minimum atomic E-state index is -0.200. The number of hydrogen-bond acceptors (Lipinski definition) is 2. The Kier molecular flexibility index (Phi) is 2.97. The Hall–Kier alpha value is -1.35. The molecule has 1 amide bonds. The summed E-state index contributed by atoms with van der Waals surface area (Å²) in [5, 5.41) is 3.24. The van der Waals surface area contributed by atoms with E-state index in [4.69, 9.17) is 5.73 Å². The third-order valence-electron chi connectivity index (χ3n) is 3.25. The van der Waals surface area contributed by atoms with Crippen molar-refractivity contribution < 1.29 is 4.79 Å². The van der Waals surface area contributed by atoms with Crippen LogP contribution in [0, 0.1) is 19.8 Å². The van der Waals surface area contributed by atoms with Crippen molar-refractivity contribution in [1.29, 1.82) is 0 Å². The van der Waals surface area contributed by atoms with Crippen LogP contribution in [0.2, 0.25) is 0 Å². The van der Waals surface area contributed by atoms with Crippen LogP contribution < -0.4 is 11.1 Å². The summed E-state index contributed by atoms with van der Waals surface area (Å²) in [4.78, 5) is 11.3. The molecular weight excluding hydrogens is 200 g/mol. The zero-order chi connectivity index (χ0) is 11.7. The molecule has 1 aromatic rings. The third kappa shape index (κ3) is 2.09. The highest BCUT2D eigenvalue weighted by Crippen LogP contribution is 2.29. The molecule has 1 aromatic carbocycles. The quantitative estimate of drug-likeness (QED) is 0.780. The van der Waals surface area contributed by atoms with Crippen LogP contribution in [0.15, 0.2) is 18.2 Å². The Bertz CT molecular complexity index is 394. The minimum Gasteiger partial charge on any atom is -0.369 e. The maximum absolute atomic E-state index is 11.3. The normalized spacial score (nSPS) is 24.6. The van der Waals surface area contributed by atoms with E-state index < -0.39 is 0 Å². The fourth-order valence-electron chi connectivity index (χ4n) is 2.55. The molecule has 2 atom stereocenters. The number of carbonyl (C=O) groups is 1. The first kappa shape index (κ1) is 11.1. The lowest BCUT2D eigenvalue weighted by molar-refractivity contribution is -0.121. The average molecular weight is 218 g/mol. The molecule has 16 heavy (non-hydrogen) atoms. The lowest BCUT2D eigenvalue weighted by Gasteiger charge is -2.17. The van der Waals surface area contributed by atoms with Crippen LogP contribution in [0.4, 0.5) is 0 Å². The molecule has 1 heterocycles. The van der Waals surface area contributed by atoms with Crippen LogP contribution in [-0.2, 0) is 4.79 Å². The van der Waals surface area contributed by atoms with Gasteiger partial charge in [0.1, 0.15) is 0 Å². The van der Waals surface area contributed by atoms with Crippen molar-refractivity contribution in [1.82, 2.24) is 5.32 Å². The van der Waals surface area contributed by atoms with E-state index in [1.165, 1.54) is 16.7 Å². The zero-order valence-corrected chi connectivity index (χ0v) is 9.79. The highest BCUT2D eigenvalue weighted by molar-refractivity contribution is 5.78. The monoisotopic (exact) mass is 218 g/mol. The zero-order valence-electron chi connectivity index (χ0n) is 9.79. The topological polar surface area (TPSA) is 55.1 Å². The van der Waals surface area contributed by atoms with E-state index in [-0.39, 0.29) is 17.7 Å². The maximum atomic E-state index is 11.3. The van der Waals surface area contributed by atoms with Gasteiger partial charge >= 0.3 is 0 Å². The van der Waals surface area contributed by atoms with Gasteiger partial charge in [0.2, 0.25) is 5.91 Å². The van der Waals surface area contributed by atoms with Crippen molar-refractivity contribution >= 4 is 5.91 Å². The van der Waals surface area contributed by atoms with E-state index in [2.05, 4.69) is 37.4 Å². The second-order valence-corrected chi connectivity index (χ2v) is 4.69. The summed E-state index contributed by atoms with van der Waals surface area (Å²) in [5.74, 6) is -0.0357. The van der Waals surface area contributed by atoms with Gasteiger partial charge in [0.25, 0.3) is 0 Å². The van der Waals surface area contributed by atoms with Crippen LogP contribution in [0.1, 0.15) is 22.6 Å². The summed E-state index contributed by atoms with van der Waals surface area (Å²) >= 11 is 0. The summed E-state index contributed by atoms with van der Waals surface area (Å²) in [5.41, 5.74) is 9.13. The standard InChI is InChI=1S/C13H18N2O/c1-8-3-9(2)5-10(4-8)11-6-15-7-12(11)13(14)16/h3-5,11-12,15H,6-7H2,1-2H3,(H2,14,16). The number of amides is 1. The maximum Gasteiger partial charge on any atom is 0.222 e. The Labute approximate surface area is 96.0 Å². The molecule has 3 N–H and O–H groups in total. The molecule has 0 radical (unpaired) electrons. The van der Waals surface area contributed by atoms with Crippen molar-refractivity contribution in [3.05, 3.63) is 34.9 Å². The average Bonchev–Trinajstić information content (AvgIpc) is 2.63. The van der Waals surface area contributed by atoms with Crippen molar-refractivity contribution in [2.75, 3.05) is 13.1 Å². The van der Waals surface area contributed by atoms with Gasteiger partial charge in [-0.05, 0) is 19.4 Å². The Morgan fingerprint density at radius 2 is 1.88 bits per heavy atom. The molecule has 0 saturated carbocycles. The summed E-state index contributed by atoms with van der Waals surface area (Å²) < 4.78 is 0. The predicted molar refractivity (Wildman–Crippen MR) is 64.2 cm³/mol. The molecule has 2 unspecified atom stereocenters. The number of hydrogen-bond donors (Lipinski definition) is 2. The van der Waals surface area contributed by atoms with Gasteiger partial charge in [-0.25, -0.2) is 0 Å². The smallest absolute Gasteiger partial charge is 0.222 e. The number of aryl methyl sites for hydroxylation is 2. The molecule has 1 aliphatic heterocycles. The number of nitrogens with two attached hydrogens (primary N) is 1. The van der Waals surface area contributed by atoms with Crippen LogP contribution in [0.25, 0.3) is 0 Å². The van der Waals surface area contributed by atoms with Gasteiger partial charge in [-0.3, -0.25) is 4.79 Å². The molecule has 86 valence electrons. The Morgan fingerprint density at radius 3 is 2.44 bits per heavy atom. The summed E-state index contributed by atoms with van der Waals surface area (Å²) in [6.45, 7) is 5.71. The van der Waals surface area contributed by atoms with Gasteiger partial charge in [-0.1, -0.05) is 29.3 Å². The molecule has 0 aromatic heterocycles. The van der Waals surface area contributed by atoms with Crippen LogP contribution in [0.3, 0.4) is 0 Å². The van der Waals surface area contributed by atoms with Crippen molar-refractivity contribution in [2.45, 2.75) is 19.8 Å². The van der Waals surface area contributed by atoms with Gasteiger partial charge in [0.05, 0.1) is 5.92 Å². The second-order valence-electron chi connectivity index (χ2n) is 4.69. The second kappa shape index (κ2) is 4.26. The van der Waals surface area contributed by atoms with Crippen LogP contribution in [0.5, 0.6) is 0 Å². The predicted octanol–water partition coefficient (Wildman–Crippen LogP) is 1.09. The SMILES string of the molecule is Cc1cc(C)cc(C2CNCC2C(N)=O)c1. The Balaban J connectivity index is 2.32. The molecule has 0 aliphatic carbocycles. The van der Waals surface area contributed by atoms with Gasteiger partial charge in [-0.15, -0.1) is 0 Å². The molecule has 0 bridgehead atoms. The summed E-state index contributed by atoms with van der Waals surface area (Å²) in [6.07, 6.45) is 0. The van der Waals surface area contributed by atoms with Gasteiger partial charge in [0.15, 0.2) is 0 Å². The van der Waals surface area contributed by atoms with Crippen molar-refractivity contribution in [2.24, 2.45) is 11.7 Å². The lowest BCUT2D eigenvalue weighted by Crippen LogP contribution is -2.28. The lowest BCUT2D eigenvalue weighted by atomic mass is 9.87. The fraction of sp³-hybridized carbons (Fsp3) is 0.462. The Morgan fingerprint density at radius 1 is 1.25 bits per heavy atom. The summed E-state index contributed by atoms with van der Waals surface area (Å²) in [7, 11) is 0. The van der Waals surface area contributed by atoms with Crippen LogP contribution in [-0.4, -0.2) is 19.0 Å². The van der Waals surface area contributed by atoms with Crippen molar-refractivity contribution in [3.63, 3.8) is 0 Å². The van der Waals surface area contributed by atoms with E-state index in [1.807, 2.05) is 0 Å². The third-order valence-corrected chi connectivity index (χ3v) is 3.25. The van der Waals surface area contributed by atoms with E-state index in [0.29, 0.717) is 6.54 Å². The van der Waals surface area contributed by atoms with Gasteiger partial charge in [-0.2, -0.15) is 0 Å². The molecule has 1 saturated heterocycles. The summed E-state index contributed by atoms with van der Waals surface area (Å²) in [6, 6.07) is 6.45. The van der Waals surface area contributed by atoms with E-state index in [1.54, 1.807) is 0 Å². The number of primary amides is 1. The number of nitrogens with one attached hydrogen (secondary N) is 1.